The second-order valence-electron chi connectivity index (χ2n) is 7.54. The Balaban J connectivity index is 1.72. The van der Waals surface area contributed by atoms with E-state index in [4.69, 9.17) is 0 Å². The van der Waals surface area contributed by atoms with Crippen molar-refractivity contribution in [3.8, 4) is 0 Å². The first-order valence-electron chi connectivity index (χ1n) is 8.65. The summed E-state index contributed by atoms with van der Waals surface area (Å²) in [7, 11) is 2.35. The van der Waals surface area contributed by atoms with Crippen LogP contribution in [-0.4, -0.2) is 72.6 Å². The summed E-state index contributed by atoms with van der Waals surface area (Å²) in [4.78, 5) is 7.92. The molecule has 0 saturated carbocycles. The maximum atomic E-state index is 2.66. The first kappa shape index (κ1) is 16.3. The third-order valence-electron chi connectivity index (χ3n) is 5.45. The molecule has 0 N–H and O–H groups in total. The summed E-state index contributed by atoms with van der Waals surface area (Å²) in [5.74, 6) is 0.894. The van der Waals surface area contributed by atoms with Gasteiger partial charge in [0, 0.05) is 31.2 Å². The van der Waals surface area contributed by atoms with Crippen LogP contribution in [0.15, 0.2) is 0 Å². The van der Waals surface area contributed by atoms with Crippen molar-refractivity contribution >= 4 is 0 Å². The lowest BCUT2D eigenvalue weighted by molar-refractivity contribution is 0.0981. The molecule has 0 amide bonds. The normalized spacial score (nSPS) is 27.3. The highest BCUT2D eigenvalue weighted by Gasteiger charge is 2.28. The zero-order chi connectivity index (χ0) is 14.7. The largest absolute Gasteiger partial charge is 0.303 e. The first-order valence-corrected chi connectivity index (χ1v) is 8.65. The van der Waals surface area contributed by atoms with Crippen LogP contribution in [0.4, 0.5) is 0 Å². The van der Waals surface area contributed by atoms with E-state index in [1.807, 2.05) is 0 Å². The molecule has 2 heterocycles. The molecule has 2 aliphatic rings. The molecule has 3 heteroatoms. The molecule has 20 heavy (non-hydrogen) atoms. The summed E-state index contributed by atoms with van der Waals surface area (Å²) >= 11 is 0. The Morgan fingerprint density at radius 1 is 0.900 bits per heavy atom. The van der Waals surface area contributed by atoms with E-state index < -0.39 is 0 Å². The van der Waals surface area contributed by atoms with Crippen molar-refractivity contribution in [3.63, 3.8) is 0 Å². The van der Waals surface area contributed by atoms with Crippen LogP contribution in [0.5, 0.6) is 0 Å². The van der Waals surface area contributed by atoms with Crippen molar-refractivity contribution < 1.29 is 0 Å². The minimum Gasteiger partial charge on any atom is -0.303 e. The Hall–Kier alpha value is -0.120. The Bertz CT molecular complexity index is 282. The Morgan fingerprint density at radius 3 is 1.95 bits per heavy atom. The van der Waals surface area contributed by atoms with Crippen LogP contribution in [-0.2, 0) is 0 Å². The third-order valence-corrected chi connectivity index (χ3v) is 5.45. The van der Waals surface area contributed by atoms with E-state index >= 15 is 0 Å². The fourth-order valence-electron chi connectivity index (χ4n) is 3.88. The second kappa shape index (κ2) is 7.24. The summed E-state index contributed by atoms with van der Waals surface area (Å²) < 4.78 is 0. The molecular weight excluding hydrogens is 246 g/mol. The molecule has 2 saturated heterocycles. The molecular formula is C17H35N3. The van der Waals surface area contributed by atoms with Crippen molar-refractivity contribution in [2.24, 2.45) is 5.92 Å². The topological polar surface area (TPSA) is 9.72 Å². The van der Waals surface area contributed by atoms with Crippen LogP contribution in [0.2, 0.25) is 0 Å². The minimum atomic E-state index is 0.718. The molecule has 0 radical (unpaired) electrons. The zero-order valence-electron chi connectivity index (χ0n) is 14.3. The molecule has 0 aromatic carbocycles. The monoisotopic (exact) mass is 281 g/mol. The van der Waals surface area contributed by atoms with E-state index in [2.05, 4.69) is 49.4 Å². The van der Waals surface area contributed by atoms with E-state index in [0.29, 0.717) is 0 Å². The fraction of sp³-hybridized carbons (Fsp3) is 1.00. The summed E-state index contributed by atoms with van der Waals surface area (Å²) in [5.41, 5.74) is 0. The maximum Gasteiger partial charge on any atom is 0.0117 e. The summed E-state index contributed by atoms with van der Waals surface area (Å²) in [6.07, 6.45) is 4.11. The van der Waals surface area contributed by atoms with Crippen molar-refractivity contribution in [2.75, 3.05) is 39.8 Å². The molecule has 0 bridgehead atoms. The van der Waals surface area contributed by atoms with Crippen LogP contribution < -0.4 is 0 Å². The first-order chi connectivity index (χ1) is 9.47. The van der Waals surface area contributed by atoms with Gasteiger partial charge >= 0.3 is 0 Å². The molecule has 2 rings (SSSR count). The second-order valence-corrected chi connectivity index (χ2v) is 7.54. The van der Waals surface area contributed by atoms with E-state index in [9.17, 15) is 0 Å². The van der Waals surface area contributed by atoms with Gasteiger partial charge in [0.25, 0.3) is 0 Å². The lowest BCUT2D eigenvalue weighted by Gasteiger charge is -2.39. The van der Waals surface area contributed by atoms with Crippen LogP contribution in [0.3, 0.4) is 0 Å². The van der Waals surface area contributed by atoms with Crippen molar-refractivity contribution in [2.45, 2.75) is 65.1 Å². The zero-order valence-corrected chi connectivity index (χ0v) is 14.3. The van der Waals surface area contributed by atoms with E-state index in [1.165, 1.54) is 52.0 Å². The molecule has 1 unspecified atom stereocenters. The van der Waals surface area contributed by atoms with Crippen molar-refractivity contribution in [3.05, 3.63) is 0 Å². The number of likely N-dealkylation sites (tertiary alicyclic amines) is 2. The summed E-state index contributed by atoms with van der Waals surface area (Å²) in [6, 6.07) is 2.26. The molecule has 1 atom stereocenters. The average Bonchev–Trinajstić information content (AvgIpc) is 2.87. The lowest BCUT2D eigenvalue weighted by atomic mass is 10.0. The van der Waals surface area contributed by atoms with Crippen LogP contribution >= 0.6 is 0 Å². The van der Waals surface area contributed by atoms with Gasteiger partial charge in [-0.05, 0) is 79.6 Å². The molecule has 2 aliphatic heterocycles. The molecule has 2 fully saturated rings. The van der Waals surface area contributed by atoms with E-state index in [1.54, 1.807) is 0 Å². The van der Waals surface area contributed by atoms with Gasteiger partial charge in [0.2, 0.25) is 0 Å². The summed E-state index contributed by atoms with van der Waals surface area (Å²) in [6.45, 7) is 15.8. The number of rotatable bonds is 5. The average molecular weight is 281 g/mol. The van der Waals surface area contributed by atoms with Crippen molar-refractivity contribution in [1.29, 1.82) is 0 Å². The Kier molecular flexibility index (Phi) is 5.88. The van der Waals surface area contributed by atoms with Crippen molar-refractivity contribution in [1.82, 2.24) is 14.7 Å². The molecule has 0 aromatic rings. The Labute approximate surface area is 126 Å². The maximum absolute atomic E-state index is 2.66. The van der Waals surface area contributed by atoms with Crippen LogP contribution in [0, 0.1) is 5.92 Å². The number of hydrogen-bond acceptors (Lipinski definition) is 3. The van der Waals surface area contributed by atoms with Gasteiger partial charge in [0.1, 0.15) is 0 Å². The van der Waals surface area contributed by atoms with E-state index in [-0.39, 0.29) is 0 Å². The molecule has 0 spiro atoms. The molecule has 0 aliphatic carbocycles. The van der Waals surface area contributed by atoms with Gasteiger partial charge in [-0.25, -0.2) is 0 Å². The molecule has 118 valence electrons. The van der Waals surface area contributed by atoms with Gasteiger partial charge in [-0.15, -0.1) is 0 Å². The van der Waals surface area contributed by atoms with Gasteiger partial charge in [-0.1, -0.05) is 0 Å². The van der Waals surface area contributed by atoms with Gasteiger partial charge in [0.15, 0.2) is 0 Å². The number of piperidine rings is 1. The number of nitrogens with zero attached hydrogens (tertiary/aromatic N) is 3. The quantitative estimate of drug-likeness (QED) is 0.767. The highest BCUT2D eigenvalue weighted by atomic mass is 15.2. The van der Waals surface area contributed by atoms with Gasteiger partial charge < -0.3 is 14.7 Å². The van der Waals surface area contributed by atoms with Gasteiger partial charge in [-0.2, -0.15) is 0 Å². The predicted molar refractivity (Wildman–Crippen MR) is 87.2 cm³/mol. The highest BCUT2D eigenvalue weighted by molar-refractivity contribution is 4.84. The lowest BCUT2D eigenvalue weighted by Crippen LogP contribution is -2.46. The molecule has 0 aromatic heterocycles. The predicted octanol–water partition coefficient (Wildman–Crippen LogP) is 2.52. The van der Waals surface area contributed by atoms with Gasteiger partial charge in [-0.3, -0.25) is 0 Å². The van der Waals surface area contributed by atoms with Gasteiger partial charge in [0.05, 0.1) is 0 Å². The number of hydrogen-bond donors (Lipinski definition) is 0. The van der Waals surface area contributed by atoms with Crippen LogP contribution in [0.25, 0.3) is 0 Å². The highest BCUT2D eigenvalue weighted by Crippen LogP contribution is 2.23. The minimum absolute atomic E-state index is 0.718. The Morgan fingerprint density at radius 2 is 1.45 bits per heavy atom. The smallest absolute Gasteiger partial charge is 0.0117 e. The fourth-order valence-corrected chi connectivity index (χ4v) is 3.88. The standard InChI is InChI=1S/C17H35N3/c1-14(2)19-10-7-17(8-11-19)18(5)12-16-6-9-20(13-16)15(3)4/h14-17H,6-13H2,1-5H3. The summed E-state index contributed by atoms with van der Waals surface area (Å²) in [5, 5.41) is 0. The molecule has 3 nitrogen and oxygen atoms in total. The van der Waals surface area contributed by atoms with Crippen LogP contribution in [0.1, 0.15) is 47.0 Å². The third kappa shape index (κ3) is 4.19. The van der Waals surface area contributed by atoms with E-state index in [0.717, 1.165) is 24.0 Å². The SMILES string of the molecule is CC(C)N1CCC(N(C)CC2CCN(C(C)C)C2)CC1.